The zero-order chi connectivity index (χ0) is 17.6. The van der Waals surface area contributed by atoms with Gasteiger partial charge in [-0.2, -0.15) is 0 Å². The first-order valence-electron chi connectivity index (χ1n) is 8.74. The van der Waals surface area contributed by atoms with Crippen molar-refractivity contribution in [1.82, 2.24) is 29.7 Å². The number of rotatable bonds is 5. The van der Waals surface area contributed by atoms with E-state index in [9.17, 15) is 4.79 Å². The van der Waals surface area contributed by atoms with Crippen LogP contribution in [0.2, 0.25) is 0 Å². The van der Waals surface area contributed by atoms with E-state index in [0.717, 1.165) is 50.5 Å². The molecule has 2 aromatic rings. The monoisotopic (exact) mass is 342 g/mol. The van der Waals surface area contributed by atoms with Crippen molar-refractivity contribution in [2.24, 2.45) is 7.05 Å². The smallest absolute Gasteiger partial charge is 0.317 e. The molecule has 0 bridgehead atoms. The van der Waals surface area contributed by atoms with Crippen LogP contribution in [0.3, 0.4) is 0 Å². The van der Waals surface area contributed by atoms with Crippen LogP contribution in [0, 0.1) is 0 Å². The predicted octanol–water partition coefficient (Wildman–Crippen LogP) is 1.27. The van der Waals surface area contributed by atoms with Crippen molar-refractivity contribution in [2.45, 2.75) is 25.9 Å². The van der Waals surface area contributed by atoms with E-state index >= 15 is 0 Å². The number of hydrogen-bond acceptors (Lipinski definition) is 4. The van der Waals surface area contributed by atoms with E-state index in [-0.39, 0.29) is 12.1 Å². The summed E-state index contributed by atoms with van der Waals surface area (Å²) in [7, 11) is 2.01. The fraction of sp³-hybridized carbons (Fsp3) is 0.500. The van der Waals surface area contributed by atoms with E-state index < -0.39 is 0 Å². The van der Waals surface area contributed by atoms with Crippen molar-refractivity contribution in [2.75, 3.05) is 26.2 Å². The second-order valence-corrected chi connectivity index (χ2v) is 6.63. The summed E-state index contributed by atoms with van der Waals surface area (Å²) in [5.41, 5.74) is 1.13. The summed E-state index contributed by atoms with van der Waals surface area (Å²) in [4.78, 5) is 25.2. The molecule has 1 aliphatic heterocycles. The van der Waals surface area contributed by atoms with Crippen LogP contribution >= 0.6 is 0 Å². The topological polar surface area (TPSA) is 66.3 Å². The number of pyridine rings is 1. The van der Waals surface area contributed by atoms with Crippen LogP contribution < -0.4 is 5.32 Å². The fourth-order valence-electron chi connectivity index (χ4n) is 3.08. The number of amides is 2. The summed E-state index contributed by atoms with van der Waals surface area (Å²) in [6.45, 7) is 6.10. The Morgan fingerprint density at radius 3 is 2.72 bits per heavy atom. The highest BCUT2D eigenvalue weighted by molar-refractivity contribution is 5.74. The van der Waals surface area contributed by atoms with E-state index in [2.05, 4.69) is 20.2 Å². The molecule has 0 aromatic carbocycles. The highest BCUT2D eigenvalue weighted by Crippen LogP contribution is 2.08. The molecular formula is C18H26N6O. The third kappa shape index (κ3) is 4.79. The molecule has 1 saturated heterocycles. The van der Waals surface area contributed by atoms with Crippen molar-refractivity contribution in [1.29, 1.82) is 0 Å². The Labute approximate surface area is 148 Å². The maximum absolute atomic E-state index is 12.4. The number of urea groups is 1. The number of aromatic nitrogens is 3. The van der Waals surface area contributed by atoms with E-state index in [1.165, 1.54) is 0 Å². The molecule has 7 nitrogen and oxygen atoms in total. The summed E-state index contributed by atoms with van der Waals surface area (Å²) in [6, 6.07) is 4.06. The maximum Gasteiger partial charge on any atom is 0.317 e. The number of hydrogen-bond donors (Lipinski definition) is 1. The van der Waals surface area contributed by atoms with Gasteiger partial charge in [0.15, 0.2) is 0 Å². The minimum absolute atomic E-state index is 0.0213. The average molecular weight is 342 g/mol. The van der Waals surface area contributed by atoms with Crippen LogP contribution in [-0.2, 0) is 20.0 Å². The first kappa shape index (κ1) is 17.4. The molecule has 7 heteroatoms. The van der Waals surface area contributed by atoms with E-state index in [4.69, 9.17) is 0 Å². The van der Waals surface area contributed by atoms with Crippen LogP contribution in [0.4, 0.5) is 4.79 Å². The Morgan fingerprint density at radius 2 is 2.08 bits per heavy atom. The largest absolute Gasteiger partial charge is 0.337 e. The fourth-order valence-corrected chi connectivity index (χ4v) is 3.08. The molecule has 0 radical (unpaired) electrons. The molecule has 3 heterocycles. The van der Waals surface area contributed by atoms with Crippen LogP contribution in [0.1, 0.15) is 18.3 Å². The van der Waals surface area contributed by atoms with Gasteiger partial charge >= 0.3 is 6.03 Å². The Balaban J connectivity index is 1.43. The van der Waals surface area contributed by atoms with Crippen LogP contribution in [0.25, 0.3) is 0 Å². The first-order chi connectivity index (χ1) is 12.1. The average Bonchev–Trinajstić information content (AvgIpc) is 3.01. The Hall–Kier alpha value is -2.41. The van der Waals surface area contributed by atoms with Gasteiger partial charge in [0, 0.05) is 64.1 Å². The van der Waals surface area contributed by atoms with Crippen molar-refractivity contribution in [3.05, 3.63) is 48.3 Å². The molecule has 1 fully saturated rings. The standard InChI is InChI=1S/C18H26N6O/c1-15(12-16-4-3-5-19-13-16)21-18(25)24-10-8-23(9-11-24)14-17-20-6-7-22(17)2/h3-7,13,15H,8-12,14H2,1-2H3,(H,21,25)/t15-/m1/s1. The summed E-state index contributed by atoms with van der Waals surface area (Å²) < 4.78 is 2.04. The molecule has 1 aliphatic rings. The quantitative estimate of drug-likeness (QED) is 0.889. The molecule has 1 atom stereocenters. The van der Waals surface area contributed by atoms with Gasteiger partial charge in [0.1, 0.15) is 5.82 Å². The van der Waals surface area contributed by atoms with E-state index in [1.807, 2.05) is 54.2 Å². The lowest BCUT2D eigenvalue weighted by molar-refractivity contribution is 0.131. The van der Waals surface area contributed by atoms with Crippen LogP contribution in [0.15, 0.2) is 36.9 Å². The van der Waals surface area contributed by atoms with E-state index in [1.54, 1.807) is 6.20 Å². The minimum Gasteiger partial charge on any atom is -0.337 e. The molecule has 2 aromatic heterocycles. The zero-order valence-corrected chi connectivity index (χ0v) is 14.9. The zero-order valence-electron chi connectivity index (χ0n) is 14.9. The third-order valence-corrected chi connectivity index (χ3v) is 4.58. The molecule has 0 unspecified atom stereocenters. The number of aryl methyl sites for hydroxylation is 1. The predicted molar refractivity (Wildman–Crippen MR) is 96.0 cm³/mol. The normalized spacial score (nSPS) is 16.6. The lowest BCUT2D eigenvalue weighted by Gasteiger charge is -2.35. The molecule has 1 N–H and O–H groups in total. The van der Waals surface area contributed by atoms with Gasteiger partial charge in [0.2, 0.25) is 0 Å². The number of nitrogens with zero attached hydrogens (tertiary/aromatic N) is 5. The Kier molecular flexibility index (Phi) is 5.65. The maximum atomic E-state index is 12.4. The highest BCUT2D eigenvalue weighted by Gasteiger charge is 2.22. The van der Waals surface area contributed by atoms with Crippen molar-refractivity contribution in [3.8, 4) is 0 Å². The number of carbonyl (C=O) groups excluding carboxylic acids is 1. The van der Waals surface area contributed by atoms with Gasteiger partial charge in [-0.25, -0.2) is 9.78 Å². The van der Waals surface area contributed by atoms with Gasteiger partial charge in [0.05, 0.1) is 6.54 Å². The Bertz CT molecular complexity index is 678. The van der Waals surface area contributed by atoms with Gasteiger partial charge < -0.3 is 14.8 Å². The number of piperazine rings is 1. The molecule has 0 spiro atoms. The Morgan fingerprint density at radius 1 is 1.28 bits per heavy atom. The second-order valence-electron chi connectivity index (χ2n) is 6.63. The SMILES string of the molecule is C[C@H](Cc1cccnc1)NC(=O)N1CCN(Cc2nccn2C)CC1. The van der Waals surface area contributed by atoms with Crippen molar-refractivity contribution < 1.29 is 4.79 Å². The molecule has 3 rings (SSSR count). The van der Waals surface area contributed by atoms with Gasteiger partial charge in [-0.1, -0.05) is 6.07 Å². The summed E-state index contributed by atoms with van der Waals surface area (Å²) in [5.74, 6) is 1.06. The second kappa shape index (κ2) is 8.11. The van der Waals surface area contributed by atoms with Crippen molar-refractivity contribution in [3.63, 3.8) is 0 Å². The van der Waals surface area contributed by atoms with Crippen LogP contribution in [0.5, 0.6) is 0 Å². The van der Waals surface area contributed by atoms with Gasteiger partial charge in [-0.3, -0.25) is 9.88 Å². The molecule has 0 aliphatic carbocycles. The third-order valence-electron chi connectivity index (χ3n) is 4.58. The number of carbonyl (C=O) groups is 1. The van der Waals surface area contributed by atoms with Gasteiger partial charge in [-0.05, 0) is 25.0 Å². The first-order valence-corrected chi connectivity index (χ1v) is 8.74. The summed E-state index contributed by atoms with van der Waals surface area (Å²) in [6.07, 6.45) is 8.18. The number of imidazole rings is 1. The molecule has 2 amide bonds. The van der Waals surface area contributed by atoms with Gasteiger partial charge in [-0.15, -0.1) is 0 Å². The molecule has 25 heavy (non-hydrogen) atoms. The van der Waals surface area contributed by atoms with Gasteiger partial charge in [0.25, 0.3) is 0 Å². The van der Waals surface area contributed by atoms with Crippen LogP contribution in [-0.4, -0.2) is 62.6 Å². The lowest BCUT2D eigenvalue weighted by atomic mass is 10.1. The number of nitrogens with one attached hydrogen (secondary N) is 1. The van der Waals surface area contributed by atoms with Crippen molar-refractivity contribution >= 4 is 6.03 Å². The van der Waals surface area contributed by atoms with E-state index in [0.29, 0.717) is 0 Å². The molecular weight excluding hydrogens is 316 g/mol. The molecule has 134 valence electrons. The lowest BCUT2D eigenvalue weighted by Crippen LogP contribution is -2.53. The molecule has 0 saturated carbocycles. The summed E-state index contributed by atoms with van der Waals surface area (Å²) >= 11 is 0. The highest BCUT2D eigenvalue weighted by atomic mass is 16.2. The summed E-state index contributed by atoms with van der Waals surface area (Å²) in [5, 5.41) is 3.09. The minimum atomic E-state index is 0.0213.